The van der Waals surface area contributed by atoms with Gasteiger partial charge in [0.25, 0.3) is 5.91 Å². The molecule has 0 radical (unpaired) electrons. The van der Waals surface area contributed by atoms with E-state index in [1.807, 2.05) is 52.0 Å². The van der Waals surface area contributed by atoms with Gasteiger partial charge in [0, 0.05) is 31.5 Å². The van der Waals surface area contributed by atoms with Gasteiger partial charge in [-0.05, 0) is 74.2 Å². The lowest BCUT2D eigenvalue weighted by Crippen LogP contribution is -2.48. The van der Waals surface area contributed by atoms with Crippen LogP contribution >= 0.6 is 0 Å². The number of fused-ring (bicyclic) bond motifs is 1. The highest BCUT2D eigenvalue weighted by Crippen LogP contribution is 2.25. The van der Waals surface area contributed by atoms with Gasteiger partial charge in [-0.15, -0.1) is 0 Å². The van der Waals surface area contributed by atoms with Crippen molar-refractivity contribution < 1.29 is 9.53 Å². The van der Waals surface area contributed by atoms with E-state index >= 15 is 0 Å². The fourth-order valence-corrected chi connectivity index (χ4v) is 4.95. The van der Waals surface area contributed by atoms with Gasteiger partial charge in [0.15, 0.2) is 0 Å². The molecule has 31 heavy (non-hydrogen) atoms. The van der Waals surface area contributed by atoms with Gasteiger partial charge >= 0.3 is 0 Å². The summed E-state index contributed by atoms with van der Waals surface area (Å²) in [6, 6.07) is 12.6. The Morgan fingerprint density at radius 1 is 0.968 bits per heavy atom. The first-order valence-electron chi connectivity index (χ1n) is 11.4. The number of hydrogen-bond acceptors (Lipinski definition) is 4. The van der Waals surface area contributed by atoms with Gasteiger partial charge in [-0.3, -0.25) is 4.79 Å². The molecule has 0 atom stereocenters. The Hall–Kier alpha value is -2.86. The number of likely N-dealkylation sites (tertiary alicyclic amines) is 2. The molecule has 2 saturated heterocycles. The van der Waals surface area contributed by atoms with Crippen LogP contribution in [-0.4, -0.2) is 64.4 Å². The fourth-order valence-electron chi connectivity index (χ4n) is 4.95. The third-order valence-corrected chi connectivity index (χ3v) is 6.73. The molecule has 0 saturated carbocycles. The number of pyridine rings is 1. The summed E-state index contributed by atoms with van der Waals surface area (Å²) in [5, 5.41) is 0. The molecule has 2 aromatic heterocycles. The van der Waals surface area contributed by atoms with Gasteiger partial charge in [-0.2, -0.15) is 0 Å². The summed E-state index contributed by atoms with van der Waals surface area (Å²) >= 11 is 0. The molecule has 1 aromatic carbocycles. The van der Waals surface area contributed by atoms with E-state index in [0.29, 0.717) is 11.7 Å². The van der Waals surface area contributed by atoms with E-state index in [1.165, 1.54) is 32.4 Å². The highest BCUT2D eigenvalue weighted by Gasteiger charge is 2.28. The van der Waals surface area contributed by atoms with Gasteiger partial charge < -0.3 is 18.9 Å². The lowest BCUT2D eigenvalue weighted by atomic mass is 10.00. The van der Waals surface area contributed by atoms with Crippen molar-refractivity contribution in [2.24, 2.45) is 0 Å². The molecule has 3 aromatic rings. The van der Waals surface area contributed by atoms with Crippen molar-refractivity contribution in [3.63, 3.8) is 0 Å². The molecule has 2 aliphatic heterocycles. The molecule has 0 unspecified atom stereocenters. The van der Waals surface area contributed by atoms with Crippen LogP contribution in [0.25, 0.3) is 16.8 Å². The normalized spacial score (nSPS) is 18.4. The minimum absolute atomic E-state index is 0.0451. The van der Waals surface area contributed by atoms with Crippen LogP contribution in [-0.2, 0) is 0 Å². The number of methoxy groups -OCH3 is 1. The Morgan fingerprint density at radius 2 is 1.77 bits per heavy atom. The summed E-state index contributed by atoms with van der Waals surface area (Å²) in [5.41, 5.74) is 3.45. The largest absolute Gasteiger partial charge is 0.497 e. The second-order valence-electron chi connectivity index (χ2n) is 8.66. The Morgan fingerprint density at radius 3 is 2.55 bits per heavy atom. The molecule has 6 heteroatoms. The first-order chi connectivity index (χ1) is 15.2. The zero-order valence-corrected chi connectivity index (χ0v) is 18.2. The van der Waals surface area contributed by atoms with Gasteiger partial charge in [0.2, 0.25) is 0 Å². The second-order valence-corrected chi connectivity index (χ2v) is 8.66. The van der Waals surface area contributed by atoms with Crippen LogP contribution in [0.3, 0.4) is 0 Å². The van der Waals surface area contributed by atoms with Crippen molar-refractivity contribution in [3.05, 3.63) is 54.5 Å². The summed E-state index contributed by atoms with van der Waals surface area (Å²) in [5.74, 6) is 0.871. The summed E-state index contributed by atoms with van der Waals surface area (Å²) < 4.78 is 7.29. The lowest BCUT2D eigenvalue weighted by molar-refractivity contribution is 0.0585. The number of nitrogens with zero attached hydrogens (tertiary/aromatic N) is 4. The van der Waals surface area contributed by atoms with Gasteiger partial charge in [-0.1, -0.05) is 18.6 Å². The summed E-state index contributed by atoms with van der Waals surface area (Å²) in [7, 11) is 1.67. The first-order valence-corrected chi connectivity index (χ1v) is 11.4. The molecule has 5 rings (SSSR count). The zero-order valence-electron chi connectivity index (χ0n) is 18.2. The Kier molecular flexibility index (Phi) is 5.64. The molecule has 6 nitrogen and oxygen atoms in total. The van der Waals surface area contributed by atoms with Crippen LogP contribution in [0.15, 0.2) is 48.8 Å². The van der Waals surface area contributed by atoms with E-state index < -0.39 is 0 Å². The number of amides is 1. The molecule has 0 spiro atoms. The molecule has 0 bridgehead atoms. The van der Waals surface area contributed by atoms with E-state index in [2.05, 4.69) is 16.0 Å². The number of ether oxygens (including phenoxy) is 1. The summed E-state index contributed by atoms with van der Waals surface area (Å²) in [6.07, 6.45) is 10.0. The van der Waals surface area contributed by atoms with E-state index in [4.69, 9.17) is 4.74 Å². The van der Waals surface area contributed by atoms with E-state index in [9.17, 15) is 4.79 Å². The maximum absolute atomic E-state index is 13.1. The monoisotopic (exact) mass is 418 g/mol. The highest BCUT2D eigenvalue weighted by atomic mass is 16.5. The zero-order chi connectivity index (χ0) is 21.2. The van der Waals surface area contributed by atoms with Gasteiger partial charge in [-0.25, -0.2) is 4.98 Å². The van der Waals surface area contributed by atoms with Crippen LogP contribution in [0.4, 0.5) is 0 Å². The van der Waals surface area contributed by atoms with Crippen molar-refractivity contribution in [2.75, 3.05) is 33.3 Å². The highest BCUT2D eigenvalue weighted by molar-refractivity contribution is 5.93. The molecular weight excluding hydrogens is 388 g/mol. The van der Waals surface area contributed by atoms with Crippen LogP contribution in [0.5, 0.6) is 5.75 Å². The Balaban J connectivity index is 1.29. The van der Waals surface area contributed by atoms with Crippen molar-refractivity contribution in [1.82, 2.24) is 19.2 Å². The number of rotatable bonds is 4. The fraction of sp³-hybridized carbons (Fsp3) is 0.440. The van der Waals surface area contributed by atoms with E-state index in [0.717, 1.165) is 48.5 Å². The Labute approximate surface area is 183 Å². The van der Waals surface area contributed by atoms with Crippen LogP contribution in [0.2, 0.25) is 0 Å². The predicted molar refractivity (Wildman–Crippen MR) is 122 cm³/mol. The molecule has 1 amide bonds. The topological polar surface area (TPSA) is 50.1 Å². The number of benzene rings is 1. The molecule has 4 heterocycles. The number of carbonyl (C=O) groups excluding carboxylic acids is 1. The molecular formula is C25H30N4O2. The maximum atomic E-state index is 13.1. The number of carbonyl (C=O) groups is 1. The van der Waals surface area contributed by atoms with E-state index in [-0.39, 0.29) is 5.91 Å². The average Bonchev–Trinajstić information content (AvgIpc) is 3.28. The van der Waals surface area contributed by atoms with Crippen molar-refractivity contribution >= 4 is 11.6 Å². The smallest absolute Gasteiger partial charge is 0.274 e. The quantitative estimate of drug-likeness (QED) is 0.640. The number of piperidine rings is 2. The SMILES string of the molecule is COc1cccc(-c2ccc3nc(C(=O)N4CCC(N5CCCCC5)CC4)cn3c2)c1. The maximum Gasteiger partial charge on any atom is 0.274 e. The van der Waals surface area contributed by atoms with E-state index in [1.54, 1.807) is 7.11 Å². The van der Waals surface area contributed by atoms with Gasteiger partial charge in [0.1, 0.15) is 17.1 Å². The molecule has 0 aliphatic carbocycles. The van der Waals surface area contributed by atoms with Crippen LogP contribution in [0.1, 0.15) is 42.6 Å². The molecule has 162 valence electrons. The third kappa shape index (κ3) is 4.17. The molecule has 2 fully saturated rings. The van der Waals surface area contributed by atoms with Crippen molar-refractivity contribution in [1.29, 1.82) is 0 Å². The first kappa shape index (κ1) is 20.1. The average molecular weight is 419 g/mol. The van der Waals surface area contributed by atoms with Gasteiger partial charge in [0.05, 0.1) is 7.11 Å². The van der Waals surface area contributed by atoms with Crippen LogP contribution in [0, 0.1) is 0 Å². The third-order valence-electron chi connectivity index (χ3n) is 6.73. The second kappa shape index (κ2) is 8.71. The predicted octanol–water partition coefficient (Wildman–Crippen LogP) is 4.10. The lowest BCUT2D eigenvalue weighted by Gasteiger charge is -2.40. The van der Waals surface area contributed by atoms with Crippen molar-refractivity contribution in [3.8, 4) is 16.9 Å². The van der Waals surface area contributed by atoms with Crippen LogP contribution < -0.4 is 4.74 Å². The minimum Gasteiger partial charge on any atom is -0.497 e. The van der Waals surface area contributed by atoms with Crippen molar-refractivity contribution in [2.45, 2.75) is 38.1 Å². The summed E-state index contributed by atoms with van der Waals surface area (Å²) in [6.45, 7) is 4.09. The standard InChI is InChI=1S/C25H30N4O2/c1-31-22-7-5-6-19(16-22)20-8-9-24-26-23(18-29(24)17-20)25(30)28-14-10-21(11-15-28)27-12-3-2-4-13-27/h5-9,16-18,21H,2-4,10-15H2,1H3. The Bertz CT molecular complexity index is 1060. The molecule has 2 aliphatic rings. The summed E-state index contributed by atoms with van der Waals surface area (Å²) in [4.78, 5) is 22.3. The number of aromatic nitrogens is 2. The molecule has 0 N–H and O–H groups in total. The number of imidazole rings is 1. The number of hydrogen-bond donors (Lipinski definition) is 0. The minimum atomic E-state index is 0.0451.